The Morgan fingerprint density at radius 3 is 2.58 bits per heavy atom. The number of aromatic nitrogens is 2. The van der Waals surface area contributed by atoms with Crippen molar-refractivity contribution >= 4 is 22.8 Å². The summed E-state index contributed by atoms with van der Waals surface area (Å²) in [6.45, 7) is 4.62. The number of rotatable bonds is 4. The van der Waals surface area contributed by atoms with Gasteiger partial charge in [-0.3, -0.25) is 9.59 Å². The molecule has 0 unspecified atom stereocenters. The van der Waals surface area contributed by atoms with Crippen LogP contribution >= 0.6 is 0 Å². The summed E-state index contributed by atoms with van der Waals surface area (Å²) in [4.78, 5) is 30.6. The minimum atomic E-state index is -0.279. The number of nitrogens with zero attached hydrogens (tertiary/aromatic N) is 3. The Kier molecular flexibility index (Phi) is 4.30. The highest BCUT2D eigenvalue weighted by Crippen LogP contribution is 2.26. The third-order valence-corrected chi connectivity index (χ3v) is 4.78. The predicted octanol–water partition coefficient (Wildman–Crippen LogP) is 1.86. The van der Waals surface area contributed by atoms with Crippen molar-refractivity contribution in [3.8, 4) is 0 Å². The molecule has 2 atom stereocenters. The number of carbonyl (C=O) groups excluding carboxylic acids is 2. The minimum Gasteiger partial charge on any atom is -0.346 e. The zero-order chi connectivity index (χ0) is 17.4. The van der Waals surface area contributed by atoms with Crippen LogP contribution in [-0.4, -0.2) is 39.9 Å². The van der Waals surface area contributed by atoms with Gasteiger partial charge in [-0.2, -0.15) is 0 Å². The van der Waals surface area contributed by atoms with Crippen LogP contribution in [0.5, 0.6) is 0 Å². The van der Waals surface area contributed by atoms with Gasteiger partial charge in [0, 0.05) is 27.1 Å². The van der Waals surface area contributed by atoms with Crippen LogP contribution in [-0.2, 0) is 16.6 Å². The lowest BCUT2D eigenvalue weighted by Gasteiger charge is -2.23. The maximum absolute atomic E-state index is 12.6. The Balaban J connectivity index is 1.86. The van der Waals surface area contributed by atoms with E-state index in [1.165, 1.54) is 0 Å². The smallest absolute Gasteiger partial charge is 0.226 e. The zero-order valence-corrected chi connectivity index (χ0v) is 14.6. The van der Waals surface area contributed by atoms with Gasteiger partial charge in [0.25, 0.3) is 0 Å². The van der Waals surface area contributed by atoms with E-state index in [1.54, 1.807) is 11.9 Å². The summed E-state index contributed by atoms with van der Waals surface area (Å²) in [5, 5.41) is 3.12. The standard InChI is InChI=1S/C18H24N4O2/c1-11(2)16(20-18(24)12-9-15(23)21(3)10-12)17-19-13-7-5-6-8-14(13)22(17)4/h5-8,11-12,16H,9-10H2,1-4H3,(H,20,24)/t12-,16-/m0/s1. The van der Waals surface area contributed by atoms with Crippen molar-refractivity contribution in [2.75, 3.05) is 13.6 Å². The molecule has 24 heavy (non-hydrogen) atoms. The van der Waals surface area contributed by atoms with Crippen LogP contribution in [0.25, 0.3) is 11.0 Å². The van der Waals surface area contributed by atoms with Gasteiger partial charge in [0.1, 0.15) is 5.82 Å². The second-order valence-electron chi connectivity index (χ2n) is 6.92. The topological polar surface area (TPSA) is 67.2 Å². The summed E-state index contributed by atoms with van der Waals surface area (Å²) in [6.07, 6.45) is 0.287. The number of amides is 2. The molecule has 1 aliphatic heterocycles. The van der Waals surface area contributed by atoms with E-state index in [-0.39, 0.29) is 36.1 Å². The maximum atomic E-state index is 12.6. The molecule has 1 N–H and O–H groups in total. The fourth-order valence-electron chi connectivity index (χ4n) is 3.28. The predicted molar refractivity (Wildman–Crippen MR) is 92.2 cm³/mol. The molecule has 6 nitrogen and oxygen atoms in total. The number of aryl methyl sites for hydroxylation is 1. The van der Waals surface area contributed by atoms with E-state index < -0.39 is 0 Å². The van der Waals surface area contributed by atoms with E-state index in [1.807, 2.05) is 35.9 Å². The number of likely N-dealkylation sites (tertiary alicyclic amines) is 1. The first kappa shape index (κ1) is 16.5. The quantitative estimate of drug-likeness (QED) is 0.931. The molecule has 2 heterocycles. The van der Waals surface area contributed by atoms with E-state index in [2.05, 4.69) is 19.2 Å². The fourth-order valence-corrected chi connectivity index (χ4v) is 3.28. The number of nitrogens with one attached hydrogen (secondary N) is 1. The lowest BCUT2D eigenvalue weighted by molar-refractivity contribution is -0.128. The molecule has 0 radical (unpaired) electrons. The largest absolute Gasteiger partial charge is 0.346 e. The lowest BCUT2D eigenvalue weighted by Crippen LogP contribution is -2.38. The van der Waals surface area contributed by atoms with Crippen LogP contribution < -0.4 is 5.32 Å². The maximum Gasteiger partial charge on any atom is 0.226 e. The number of para-hydroxylation sites is 2. The molecule has 1 aromatic heterocycles. The van der Waals surface area contributed by atoms with Crippen LogP contribution in [0.4, 0.5) is 0 Å². The SMILES string of the molecule is CC(C)[C@H](NC(=O)[C@H]1CC(=O)N(C)C1)c1nc2ccccc2n1C. The molecule has 6 heteroatoms. The summed E-state index contributed by atoms with van der Waals surface area (Å²) < 4.78 is 2.03. The van der Waals surface area contributed by atoms with Crippen molar-refractivity contribution in [1.82, 2.24) is 19.8 Å². The zero-order valence-electron chi connectivity index (χ0n) is 14.6. The van der Waals surface area contributed by atoms with Gasteiger partial charge in [-0.15, -0.1) is 0 Å². The first-order chi connectivity index (χ1) is 11.4. The Hall–Kier alpha value is -2.37. The molecular weight excluding hydrogens is 304 g/mol. The third kappa shape index (κ3) is 2.88. The number of fused-ring (bicyclic) bond motifs is 1. The molecule has 2 aromatic rings. The fraction of sp³-hybridized carbons (Fsp3) is 0.500. The molecule has 128 valence electrons. The first-order valence-corrected chi connectivity index (χ1v) is 8.34. The number of hydrogen-bond acceptors (Lipinski definition) is 3. The minimum absolute atomic E-state index is 0.0268. The molecule has 3 rings (SSSR count). The van der Waals surface area contributed by atoms with Crippen LogP contribution in [0, 0.1) is 11.8 Å². The summed E-state index contributed by atoms with van der Waals surface area (Å²) in [7, 11) is 3.71. The molecule has 1 saturated heterocycles. The van der Waals surface area contributed by atoms with E-state index >= 15 is 0 Å². The average molecular weight is 328 g/mol. The van der Waals surface area contributed by atoms with Gasteiger partial charge in [0.15, 0.2) is 0 Å². The van der Waals surface area contributed by atoms with Crippen molar-refractivity contribution < 1.29 is 9.59 Å². The van der Waals surface area contributed by atoms with Crippen molar-refractivity contribution in [3.63, 3.8) is 0 Å². The van der Waals surface area contributed by atoms with E-state index in [4.69, 9.17) is 4.98 Å². The first-order valence-electron chi connectivity index (χ1n) is 8.34. The number of hydrogen-bond donors (Lipinski definition) is 1. The van der Waals surface area contributed by atoms with Crippen molar-refractivity contribution in [1.29, 1.82) is 0 Å². The van der Waals surface area contributed by atoms with Gasteiger partial charge in [0.05, 0.1) is 23.0 Å². The van der Waals surface area contributed by atoms with Crippen LogP contribution in [0.1, 0.15) is 32.1 Å². The monoisotopic (exact) mass is 328 g/mol. The Morgan fingerprint density at radius 2 is 2.00 bits per heavy atom. The summed E-state index contributed by atoms with van der Waals surface area (Å²) in [5.41, 5.74) is 1.97. The van der Waals surface area contributed by atoms with Crippen LogP contribution in [0.3, 0.4) is 0 Å². The number of carbonyl (C=O) groups is 2. The Bertz CT molecular complexity index is 780. The van der Waals surface area contributed by atoms with Crippen molar-refractivity contribution in [2.24, 2.45) is 18.9 Å². The molecule has 2 amide bonds. The third-order valence-electron chi connectivity index (χ3n) is 4.78. The highest BCUT2D eigenvalue weighted by Gasteiger charge is 2.34. The van der Waals surface area contributed by atoms with Crippen LogP contribution in [0.15, 0.2) is 24.3 Å². The highest BCUT2D eigenvalue weighted by atomic mass is 16.2. The highest BCUT2D eigenvalue weighted by molar-refractivity contribution is 5.89. The number of imidazole rings is 1. The van der Waals surface area contributed by atoms with E-state index in [0.717, 1.165) is 16.9 Å². The Labute approximate surface area is 141 Å². The summed E-state index contributed by atoms with van der Waals surface area (Å²) >= 11 is 0. The molecule has 0 bridgehead atoms. The van der Waals surface area contributed by atoms with Gasteiger partial charge in [-0.25, -0.2) is 4.98 Å². The normalized spacial score (nSPS) is 19.3. The molecule has 0 spiro atoms. The second kappa shape index (κ2) is 6.26. The molecule has 0 aliphatic carbocycles. The second-order valence-corrected chi connectivity index (χ2v) is 6.92. The lowest BCUT2D eigenvalue weighted by atomic mass is 10.0. The van der Waals surface area contributed by atoms with Gasteiger partial charge in [-0.05, 0) is 18.1 Å². The van der Waals surface area contributed by atoms with Gasteiger partial charge >= 0.3 is 0 Å². The summed E-state index contributed by atoms with van der Waals surface area (Å²) in [5.74, 6) is 0.715. The molecule has 0 saturated carbocycles. The van der Waals surface area contributed by atoms with Gasteiger partial charge in [-0.1, -0.05) is 26.0 Å². The summed E-state index contributed by atoms with van der Waals surface area (Å²) in [6, 6.07) is 7.76. The Morgan fingerprint density at radius 1 is 1.29 bits per heavy atom. The van der Waals surface area contributed by atoms with Crippen molar-refractivity contribution in [2.45, 2.75) is 26.3 Å². The van der Waals surface area contributed by atoms with Gasteiger partial charge in [0.2, 0.25) is 11.8 Å². The molecular formula is C18H24N4O2. The molecule has 1 aromatic carbocycles. The van der Waals surface area contributed by atoms with Crippen molar-refractivity contribution in [3.05, 3.63) is 30.1 Å². The van der Waals surface area contributed by atoms with E-state index in [9.17, 15) is 9.59 Å². The van der Waals surface area contributed by atoms with Crippen LogP contribution in [0.2, 0.25) is 0 Å². The molecule has 1 fully saturated rings. The average Bonchev–Trinajstić information content (AvgIpc) is 3.05. The van der Waals surface area contributed by atoms with E-state index in [0.29, 0.717) is 6.54 Å². The van der Waals surface area contributed by atoms with Gasteiger partial charge < -0.3 is 14.8 Å². The number of benzene rings is 1. The molecule has 1 aliphatic rings.